The summed E-state index contributed by atoms with van der Waals surface area (Å²) in [5, 5.41) is 1.71. The lowest BCUT2D eigenvalue weighted by Gasteiger charge is -2.35. The molecule has 2 amide bonds. The third-order valence-corrected chi connectivity index (χ3v) is 8.25. The second-order valence-corrected chi connectivity index (χ2v) is 10.5. The van der Waals surface area contributed by atoms with E-state index in [-0.39, 0.29) is 28.5 Å². The van der Waals surface area contributed by atoms with Gasteiger partial charge in [-0.1, -0.05) is 18.2 Å². The van der Waals surface area contributed by atoms with Crippen LogP contribution in [0.5, 0.6) is 0 Å². The predicted molar refractivity (Wildman–Crippen MR) is 117 cm³/mol. The van der Waals surface area contributed by atoms with Gasteiger partial charge in [0.05, 0.1) is 6.42 Å². The van der Waals surface area contributed by atoms with Gasteiger partial charge in [-0.05, 0) is 42.0 Å². The summed E-state index contributed by atoms with van der Waals surface area (Å²) in [5.74, 6) is 0.0290. The first-order chi connectivity index (χ1) is 14.9. The van der Waals surface area contributed by atoms with Crippen LogP contribution in [0.1, 0.15) is 18.4 Å². The molecular formula is C21H25N3O5S2. The monoisotopic (exact) mass is 463 g/mol. The van der Waals surface area contributed by atoms with Crippen molar-refractivity contribution in [2.75, 3.05) is 37.5 Å². The molecule has 4 rings (SSSR count). The highest BCUT2D eigenvalue weighted by molar-refractivity contribution is 7.94. The Morgan fingerprint density at radius 2 is 1.77 bits per heavy atom. The molecule has 0 saturated carbocycles. The predicted octanol–water partition coefficient (Wildman–Crippen LogP) is 1.94. The number of amides is 2. The zero-order valence-corrected chi connectivity index (χ0v) is 18.7. The molecule has 166 valence electrons. The summed E-state index contributed by atoms with van der Waals surface area (Å²) in [6, 6.07) is 10.1. The molecule has 1 aromatic heterocycles. The number of ether oxygens (including phenoxy) is 1. The molecule has 0 aliphatic carbocycles. The van der Waals surface area contributed by atoms with Gasteiger partial charge in [-0.2, -0.15) is 0 Å². The first kappa shape index (κ1) is 21.8. The quantitative estimate of drug-likeness (QED) is 0.706. The van der Waals surface area contributed by atoms with Crippen LogP contribution < -0.4 is 4.72 Å². The second-order valence-electron chi connectivity index (χ2n) is 7.62. The van der Waals surface area contributed by atoms with E-state index in [1.54, 1.807) is 51.6 Å². The molecule has 1 unspecified atom stereocenters. The Bertz CT molecular complexity index is 1010. The number of piperazine rings is 1. The van der Waals surface area contributed by atoms with Crippen LogP contribution in [-0.2, 0) is 30.8 Å². The third kappa shape index (κ3) is 5.25. The largest absolute Gasteiger partial charge is 0.368 e. The summed E-state index contributed by atoms with van der Waals surface area (Å²) < 4.78 is 32.9. The van der Waals surface area contributed by atoms with Gasteiger partial charge in [-0.3, -0.25) is 14.3 Å². The van der Waals surface area contributed by atoms with Crippen LogP contribution in [0.4, 0.5) is 5.69 Å². The van der Waals surface area contributed by atoms with Crippen molar-refractivity contribution in [1.29, 1.82) is 0 Å². The lowest BCUT2D eigenvalue weighted by Crippen LogP contribution is -2.53. The van der Waals surface area contributed by atoms with Gasteiger partial charge < -0.3 is 14.5 Å². The first-order valence-electron chi connectivity index (χ1n) is 10.3. The van der Waals surface area contributed by atoms with Crippen molar-refractivity contribution in [3.63, 3.8) is 0 Å². The Morgan fingerprint density at radius 1 is 1.06 bits per heavy atom. The standard InChI is InChI=1S/C21H25N3O5S2/c25-19(23-9-11-24(12-10-23)21(26)18-3-1-13-29-18)15-16-5-7-17(8-6-16)22-31(27,28)20-4-2-14-30-20/h2,4-8,14,18,22H,1,3,9-13,15H2. The van der Waals surface area contributed by atoms with Gasteiger partial charge in [0.1, 0.15) is 10.3 Å². The molecule has 2 aromatic rings. The van der Waals surface area contributed by atoms with E-state index in [1.165, 1.54) is 0 Å². The van der Waals surface area contributed by atoms with Gasteiger partial charge in [0.15, 0.2) is 0 Å². The zero-order chi connectivity index (χ0) is 21.8. The molecule has 31 heavy (non-hydrogen) atoms. The van der Waals surface area contributed by atoms with Crippen LogP contribution in [0.2, 0.25) is 0 Å². The van der Waals surface area contributed by atoms with Crippen molar-refractivity contribution in [3.8, 4) is 0 Å². The summed E-state index contributed by atoms with van der Waals surface area (Å²) in [5.41, 5.74) is 1.26. The highest BCUT2D eigenvalue weighted by Gasteiger charge is 2.31. The number of carbonyl (C=O) groups is 2. The maximum atomic E-state index is 12.7. The van der Waals surface area contributed by atoms with Crippen LogP contribution in [0, 0.1) is 0 Å². The summed E-state index contributed by atoms with van der Waals surface area (Å²) in [7, 11) is -3.59. The van der Waals surface area contributed by atoms with Crippen LogP contribution in [-0.4, -0.2) is 68.9 Å². The van der Waals surface area contributed by atoms with E-state index >= 15 is 0 Å². The molecule has 1 aromatic carbocycles. The van der Waals surface area contributed by atoms with Crippen molar-refractivity contribution in [2.24, 2.45) is 0 Å². The molecule has 1 atom stereocenters. The SMILES string of the molecule is O=C(Cc1ccc(NS(=O)(=O)c2cccs2)cc1)N1CCN(C(=O)C2CCCO2)CC1. The van der Waals surface area contributed by atoms with E-state index in [4.69, 9.17) is 4.74 Å². The van der Waals surface area contributed by atoms with Gasteiger partial charge in [0.2, 0.25) is 5.91 Å². The lowest BCUT2D eigenvalue weighted by atomic mass is 10.1. The molecule has 0 bridgehead atoms. The molecule has 8 nitrogen and oxygen atoms in total. The lowest BCUT2D eigenvalue weighted by molar-refractivity contribution is -0.145. The number of thiophene rings is 1. The first-order valence-corrected chi connectivity index (χ1v) is 12.6. The van der Waals surface area contributed by atoms with Gasteiger partial charge in [-0.15, -0.1) is 11.3 Å². The van der Waals surface area contributed by atoms with E-state index in [1.807, 2.05) is 0 Å². The average molecular weight is 464 g/mol. The summed E-state index contributed by atoms with van der Waals surface area (Å²) in [6.07, 6.45) is 1.61. The maximum absolute atomic E-state index is 12.7. The fourth-order valence-corrected chi connectivity index (χ4v) is 5.80. The third-order valence-electron chi connectivity index (χ3n) is 5.47. The molecule has 0 spiro atoms. The Balaban J connectivity index is 1.28. The van der Waals surface area contributed by atoms with E-state index in [0.717, 1.165) is 29.7 Å². The van der Waals surface area contributed by atoms with Crippen LogP contribution in [0.25, 0.3) is 0 Å². The number of nitrogens with one attached hydrogen (secondary N) is 1. The van der Waals surface area contributed by atoms with E-state index in [0.29, 0.717) is 38.5 Å². The minimum Gasteiger partial charge on any atom is -0.368 e. The molecule has 2 aliphatic rings. The second kappa shape index (κ2) is 9.37. The number of hydrogen-bond donors (Lipinski definition) is 1. The number of nitrogens with zero attached hydrogens (tertiary/aromatic N) is 2. The van der Waals surface area contributed by atoms with Crippen molar-refractivity contribution in [1.82, 2.24) is 9.80 Å². The molecule has 0 radical (unpaired) electrons. The molecule has 2 fully saturated rings. The van der Waals surface area contributed by atoms with Crippen molar-refractivity contribution >= 4 is 38.9 Å². The van der Waals surface area contributed by atoms with Crippen molar-refractivity contribution in [2.45, 2.75) is 29.6 Å². The van der Waals surface area contributed by atoms with Crippen LogP contribution >= 0.6 is 11.3 Å². The van der Waals surface area contributed by atoms with E-state index in [2.05, 4.69) is 4.72 Å². The van der Waals surface area contributed by atoms with Crippen LogP contribution in [0.15, 0.2) is 46.0 Å². The molecule has 2 saturated heterocycles. The molecule has 1 N–H and O–H groups in total. The number of sulfonamides is 1. The minimum atomic E-state index is -3.59. The average Bonchev–Trinajstić information content (AvgIpc) is 3.49. The molecule has 10 heteroatoms. The zero-order valence-electron chi connectivity index (χ0n) is 17.0. The van der Waals surface area contributed by atoms with E-state index in [9.17, 15) is 18.0 Å². The normalized spacial score (nSPS) is 19.4. The Labute approximate surface area is 185 Å². The summed E-state index contributed by atoms with van der Waals surface area (Å²) >= 11 is 1.15. The molecule has 2 aliphatic heterocycles. The highest BCUT2D eigenvalue weighted by atomic mass is 32.2. The Hall–Kier alpha value is -2.43. The van der Waals surface area contributed by atoms with E-state index < -0.39 is 10.0 Å². The Morgan fingerprint density at radius 3 is 2.39 bits per heavy atom. The maximum Gasteiger partial charge on any atom is 0.271 e. The number of rotatable bonds is 6. The summed E-state index contributed by atoms with van der Waals surface area (Å²) in [6.45, 7) is 2.71. The van der Waals surface area contributed by atoms with Crippen LogP contribution in [0.3, 0.4) is 0 Å². The fourth-order valence-electron chi connectivity index (χ4n) is 3.75. The molecule has 3 heterocycles. The van der Waals surface area contributed by atoms with Gasteiger partial charge in [-0.25, -0.2) is 8.42 Å². The van der Waals surface area contributed by atoms with Gasteiger partial charge in [0.25, 0.3) is 15.9 Å². The van der Waals surface area contributed by atoms with Gasteiger partial charge in [0, 0.05) is 38.5 Å². The number of hydrogen-bond acceptors (Lipinski definition) is 6. The minimum absolute atomic E-state index is 0.00358. The fraction of sp³-hybridized carbons (Fsp3) is 0.429. The van der Waals surface area contributed by atoms with Crippen molar-refractivity contribution < 1.29 is 22.7 Å². The summed E-state index contributed by atoms with van der Waals surface area (Å²) in [4.78, 5) is 28.6. The highest BCUT2D eigenvalue weighted by Crippen LogP contribution is 2.21. The number of carbonyl (C=O) groups excluding carboxylic acids is 2. The topological polar surface area (TPSA) is 96.0 Å². The number of anilines is 1. The smallest absolute Gasteiger partial charge is 0.271 e. The van der Waals surface area contributed by atoms with Gasteiger partial charge >= 0.3 is 0 Å². The number of benzene rings is 1. The molecular weight excluding hydrogens is 438 g/mol. The Kier molecular flexibility index (Phi) is 6.59. The van der Waals surface area contributed by atoms with Crippen molar-refractivity contribution in [3.05, 3.63) is 47.3 Å².